The number of hydrogen-bond acceptors (Lipinski definition) is 4. The van der Waals surface area contributed by atoms with E-state index in [-0.39, 0.29) is 4.90 Å². The van der Waals surface area contributed by atoms with E-state index in [4.69, 9.17) is 28.9 Å². The Hall–Kier alpha value is -1.11. The SMILES string of the molecule is N[C@@]1(CO)[C@H](c2cccc(Cl)c2)[C@@H]1S(=O)(=O)c1ccc(Cl)cc1. The fourth-order valence-corrected chi connectivity index (χ4v) is 5.66. The highest BCUT2D eigenvalue weighted by Gasteiger charge is 2.69. The Labute approximate surface area is 144 Å². The summed E-state index contributed by atoms with van der Waals surface area (Å²) < 4.78 is 25.8. The molecule has 3 atom stereocenters. The van der Waals surface area contributed by atoms with Gasteiger partial charge in [0.25, 0.3) is 0 Å². The van der Waals surface area contributed by atoms with Crippen molar-refractivity contribution in [2.75, 3.05) is 6.61 Å². The molecule has 0 spiro atoms. The van der Waals surface area contributed by atoms with E-state index in [9.17, 15) is 13.5 Å². The van der Waals surface area contributed by atoms with Crippen LogP contribution in [0.25, 0.3) is 0 Å². The summed E-state index contributed by atoms with van der Waals surface area (Å²) in [6.07, 6.45) is 0. The monoisotopic (exact) mass is 371 g/mol. The maximum absolute atomic E-state index is 12.9. The first-order valence-corrected chi connectivity index (χ1v) is 9.25. The van der Waals surface area contributed by atoms with Crippen molar-refractivity contribution in [3.8, 4) is 0 Å². The first kappa shape index (κ1) is 16.7. The summed E-state index contributed by atoms with van der Waals surface area (Å²) in [6.45, 7) is -0.429. The molecule has 122 valence electrons. The predicted molar refractivity (Wildman–Crippen MR) is 90.6 cm³/mol. The molecule has 0 radical (unpaired) electrons. The Kier molecular flexibility index (Phi) is 4.19. The molecule has 0 aliphatic heterocycles. The Bertz CT molecular complexity index is 839. The van der Waals surface area contributed by atoms with Crippen molar-refractivity contribution < 1.29 is 13.5 Å². The standard InChI is InChI=1S/C16H15Cl2NO3S/c17-11-4-6-13(7-5-11)23(21,22)15-14(16(15,19)9-20)10-2-1-3-12(18)8-10/h1-8,14-15,20H,9,19H2/t14-,15+,16+/m1/s1. The van der Waals surface area contributed by atoms with Crippen molar-refractivity contribution in [1.82, 2.24) is 0 Å². The zero-order valence-corrected chi connectivity index (χ0v) is 14.3. The lowest BCUT2D eigenvalue weighted by molar-refractivity contribution is 0.253. The highest BCUT2D eigenvalue weighted by atomic mass is 35.5. The molecule has 7 heteroatoms. The quantitative estimate of drug-likeness (QED) is 0.865. The molecule has 1 fully saturated rings. The largest absolute Gasteiger partial charge is 0.394 e. The lowest BCUT2D eigenvalue weighted by atomic mass is 10.1. The molecular formula is C16H15Cl2NO3S. The minimum atomic E-state index is -3.70. The Morgan fingerprint density at radius 2 is 1.74 bits per heavy atom. The molecule has 3 N–H and O–H groups in total. The van der Waals surface area contributed by atoms with Gasteiger partial charge in [-0.3, -0.25) is 0 Å². The van der Waals surface area contributed by atoms with E-state index in [1.165, 1.54) is 24.3 Å². The number of sulfone groups is 1. The molecule has 0 amide bonds. The molecule has 0 saturated heterocycles. The second-order valence-electron chi connectivity index (χ2n) is 5.72. The van der Waals surface area contributed by atoms with Gasteiger partial charge in [-0.25, -0.2) is 8.42 Å². The van der Waals surface area contributed by atoms with Gasteiger partial charge in [-0.05, 0) is 42.0 Å². The number of benzene rings is 2. The number of nitrogens with two attached hydrogens (primary N) is 1. The molecule has 23 heavy (non-hydrogen) atoms. The lowest BCUT2D eigenvalue weighted by Crippen LogP contribution is -2.35. The third-order valence-electron chi connectivity index (χ3n) is 4.26. The van der Waals surface area contributed by atoms with Gasteiger partial charge in [-0.15, -0.1) is 0 Å². The maximum atomic E-state index is 12.9. The zero-order chi connectivity index (χ0) is 16.8. The third-order valence-corrected chi connectivity index (χ3v) is 7.06. The van der Waals surface area contributed by atoms with Crippen molar-refractivity contribution in [2.24, 2.45) is 5.73 Å². The van der Waals surface area contributed by atoms with Crippen LogP contribution in [0.1, 0.15) is 11.5 Å². The van der Waals surface area contributed by atoms with Crippen molar-refractivity contribution in [3.63, 3.8) is 0 Å². The molecule has 2 aromatic rings. The molecule has 4 nitrogen and oxygen atoms in total. The number of aliphatic hydroxyl groups excluding tert-OH is 1. The summed E-state index contributed by atoms with van der Waals surface area (Å²) >= 11 is 11.8. The van der Waals surface area contributed by atoms with Crippen LogP contribution in [0.3, 0.4) is 0 Å². The van der Waals surface area contributed by atoms with E-state index in [0.717, 1.165) is 0 Å². The third kappa shape index (κ3) is 2.77. The van der Waals surface area contributed by atoms with Crippen LogP contribution in [0.15, 0.2) is 53.4 Å². The maximum Gasteiger partial charge on any atom is 0.183 e. The van der Waals surface area contributed by atoms with Gasteiger partial charge in [0.1, 0.15) is 0 Å². The van der Waals surface area contributed by atoms with Crippen molar-refractivity contribution >= 4 is 33.0 Å². The average molecular weight is 372 g/mol. The van der Waals surface area contributed by atoms with Crippen LogP contribution in [0.5, 0.6) is 0 Å². The Morgan fingerprint density at radius 1 is 1.09 bits per heavy atom. The molecule has 1 aliphatic carbocycles. The zero-order valence-electron chi connectivity index (χ0n) is 12.0. The molecule has 2 aromatic carbocycles. The van der Waals surface area contributed by atoms with E-state index in [2.05, 4.69) is 0 Å². The van der Waals surface area contributed by atoms with Crippen LogP contribution in [-0.2, 0) is 9.84 Å². The smallest absolute Gasteiger partial charge is 0.183 e. The van der Waals surface area contributed by atoms with Crippen LogP contribution in [0.2, 0.25) is 10.0 Å². The minimum absolute atomic E-state index is 0.139. The van der Waals surface area contributed by atoms with E-state index in [0.29, 0.717) is 15.6 Å². The van der Waals surface area contributed by atoms with Gasteiger partial charge < -0.3 is 10.8 Å². The molecule has 0 heterocycles. The highest BCUT2D eigenvalue weighted by molar-refractivity contribution is 7.92. The summed E-state index contributed by atoms with van der Waals surface area (Å²) in [5.41, 5.74) is 5.66. The molecule has 3 rings (SSSR count). The van der Waals surface area contributed by atoms with Crippen LogP contribution >= 0.6 is 23.2 Å². The second-order valence-corrected chi connectivity index (χ2v) is 8.66. The normalized spacial score (nSPS) is 27.0. The van der Waals surface area contributed by atoms with Gasteiger partial charge in [0.2, 0.25) is 0 Å². The number of hydrogen-bond donors (Lipinski definition) is 2. The highest BCUT2D eigenvalue weighted by Crippen LogP contribution is 2.55. The Balaban J connectivity index is 2.03. The van der Waals surface area contributed by atoms with Gasteiger partial charge in [0.05, 0.1) is 22.3 Å². The molecular weight excluding hydrogens is 357 g/mol. The van der Waals surface area contributed by atoms with E-state index < -0.39 is 33.2 Å². The first-order valence-electron chi connectivity index (χ1n) is 6.95. The summed E-state index contributed by atoms with van der Waals surface area (Å²) in [5.74, 6) is -0.508. The summed E-state index contributed by atoms with van der Waals surface area (Å²) in [7, 11) is -3.70. The number of aliphatic hydroxyl groups is 1. The lowest BCUT2D eigenvalue weighted by Gasteiger charge is -2.08. The summed E-state index contributed by atoms with van der Waals surface area (Å²) in [6, 6.07) is 12.8. The Morgan fingerprint density at radius 3 is 2.30 bits per heavy atom. The topological polar surface area (TPSA) is 80.4 Å². The molecule has 1 aliphatic rings. The average Bonchev–Trinajstić information content (AvgIpc) is 3.15. The van der Waals surface area contributed by atoms with E-state index in [1.807, 2.05) is 0 Å². The van der Waals surface area contributed by atoms with Crippen LogP contribution < -0.4 is 5.73 Å². The molecule has 1 saturated carbocycles. The van der Waals surface area contributed by atoms with Crippen LogP contribution in [0.4, 0.5) is 0 Å². The molecule has 0 aromatic heterocycles. The van der Waals surface area contributed by atoms with Crippen molar-refractivity contribution in [2.45, 2.75) is 21.6 Å². The molecule has 0 unspecified atom stereocenters. The van der Waals surface area contributed by atoms with Crippen LogP contribution in [-0.4, -0.2) is 30.9 Å². The minimum Gasteiger partial charge on any atom is -0.394 e. The van der Waals surface area contributed by atoms with E-state index >= 15 is 0 Å². The fraction of sp³-hybridized carbons (Fsp3) is 0.250. The predicted octanol–water partition coefficient (Wildman–Crippen LogP) is 2.62. The van der Waals surface area contributed by atoms with Gasteiger partial charge in [-0.1, -0.05) is 35.3 Å². The fourth-order valence-electron chi connectivity index (χ4n) is 3.04. The van der Waals surface area contributed by atoms with E-state index in [1.54, 1.807) is 24.3 Å². The molecule has 0 bridgehead atoms. The van der Waals surface area contributed by atoms with Crippen molar-refractivity contribution in [1.29, 1.82) is 0 Å². The summed E-state index contributed by atoms with van der Waals surface area (Å²) in [5, 5.41) is 9.69. The first-order chi connectivity index (χ1) is 10.8. The van der Waals surface area contributed by atoms with Gasteiger partial charge >= 0.3 is 0 Å². The van der Waals surface area contributed by atoms with Gasteiger partial charge in [-0.2, -0.15) is 0 Å². The number of halogens is 2. The van der Waals surface area contributed by atoms with Crippen LogP contribution in [0, 0.1) is 0 Å². The van der Waals surface area contributed by atoms with Crippen molar-refractivity contribution in [3.05, 3.63) is 64.1 Å². The second kappa shape index (κ2) is 5.76. The van der Waals surface area contributed by atoms with Gasteiger partial charge in [0.15, 0.2) is 9.84 Å². The number of rotatable bonds is 4. The summed E-state index contributed by atoms with van der Waals surface area (Å²) in [4.78, 5) is 0.139. The van der Waals surface area contributed by atoms with Gasteiger partial charge in [0, 0.05) is 16.0 Å².